The van der Waals surface area contributed by atoms with Crippen LogP contribution in [0.2, 0.25) is 0 Å². The fourth-order valence-corrected chi connectivity index (χ4v) is 3.86. The van der Waals surface area contributed by atoms with Crippen molar-refractivity contribution in [2.75, 3.05) is 5.73 Å². The first-order valence-corrected chi connectivity index (χ1v) is 9.23. The van der Waals surface area contributed by atoms with Gasteiger partial charge in [-0.1, -0.05) is 19.9 Å². The van der Waals surface area contributed by atoms with Crippen LogP contribution in [-0.2, 0) is 24.2 Å². The predicted octanol–water partition coefficient (Wildman–Crippen LogP) is 3.05. The summed E-state index contributed by atoms with van der Waals surface area (Å²) in [6.45, 7) is 4.27. The van der Waals surface area contributed by atoms with Crippen molar-refractivity contribution in [3.05, 3.63) is 59.3 Å². The molecule has 1 atom stereocenters. The van der Waals surface area contributed by atoms with E-state index in [-0.39, 0.29) is 17.9 Å². The number of fused-ring (bicyclic) bond motifs is 3. The summed E-state index contributed by atoms with van der Waals surface area (Å²) in [7, 11) is 0. The van der Waals surface area contributed by atoms with E-state index >= 15 is 0 Å². The normalized spacial score (nSPS) is 16.1. The van der Waals surface area contributed by atoms with Crippen molar-refractivity contribution in [2.24, 2.45) is 5.92 Å². The molecule has 140 valence electrons. The number of hydrogen-bond acceptors (Lipinski definition) is 3. The standard InChI is InChI=1S/C21H23FN4O/c1-12(2)21(27)25-15-9-17-16-8-13(23)6-7-18(16)26(19(17)10-15)11-14-4-3-5-20(22)24-14/h3-8,12,15H,9-11,23H2,1-2H3,(H,25,27). The number of benzene rings is 1. The molecule has 27 heavy (non-hydrogen) atoms. The van der Waals surface area contributed by atoms with Gasteiger partial charge in [0, 0.05) is 40.7 Å². The van der Waals surface area contributed by atoms with Crippen molar-refractivity contribution < 1.29 is 9.18 Å². The third kappa shape index (κ3) is 3.27. The summed E-state index contributed by atoms with van der Waals surface area (Å²) in [5.74, 6) is -0.463. The molecule has 1 aliphatic carbocycles. The van der Waals surface area contributed by atoms with Crippen LogP contribution < -0.4 is 11.1 Å². The summed E-state index contributed by atoms with van der Waals surface area (Å²) >= 11 is 0. The average molecular weight is 366 g/mol. The van der Waals surface area contributed by atoms with Crippen molar-refractivity contribution in [2.45, 2.75) is 39.3 Å². The molecule has 0 fully saturated rings. The molecule has 3 aromatic rings. The summed E-state index contributed by atoms with van der Waals surface area (Å²) in [4.78, 5) is 16.1. The zero-order chi connectivity index (χ0) is 19.1. The molecule has 0 saturated heterocycles. The van der Waals surface area contributed by atoms with Crippen LogP contribution in [0.25, 0.3) is 10.9 Å². The van der Waals surface area contributed by atoms with Gasteiger partial charge in [-0.25, -0.2) is 4.98 Å². The number of nitrogen functional groups attached to an aromatic ring is 1. The molecule has 6 heteroatoms. The second-order valence-electron chi connectivity index (χ2n) is 7.51. The number of pyridine rings is 1. The molecule has 1 aromatic carbocycles. The quantitative estimate of drug-likeness (QED) is 0.551. The highest BCUT2D eigenvalue weighted by Crippen LogP contribution is 2.35. The van der Waals surface area contributed by atoms with Gasteiger partial charge in [-0.05, 0) is 42.3 Å². The smallest absolute Gasteiger partial charge is 0.222 e. The Morgan fingerprint density at radius 3 is 2.89 bits per heavy atom. The van der Waals surface area contributed by atoms with Crippen LogP contribution in [0.15, 0.2) is 36.4 Å². The summed E-state index contributed by atoms with van der Waals surface area (Å²) in [6, 6.07) is 10.8. The Labute approximate surface area is 157 Å². The van der Waals surface area contributed by atoms with Gasteiger partial charge < -0.3 is 15.6 Å². The minimum absolute atomic E-state index is 0.0454. The maximum Gasteiger partial charge on any atom is 0.222 e. The number of nitrogens with zero attached hydrogens (tertiary/aromatic N) is 2. The van der Waals surface area contributed by atoms with Gasteiger partial charge in [-0.15, -0.1) is 0 Å². The molecular formula is C21H23FN4O. The number of carbonyl (C=O) groups is 1. The Hall–Kier alpha value is -2.89. The first-order valence-electron chi connectivity index (χ1n) is 9.23. The first kappa shape index (κ1) is 17.5. The minimum Gasteiger partial charge on any atom is -0.399 e. The number of carbonyl (C=O) groups excluding carboxylic acids is 1. The third-order valence-electron chi connectivity index (χ3n) is 5.16. The molecule has 1 aliphatic rings. The Bertz CT molecular complexity index is 1020. The minimum atomic E-state index is -0.480. The number of nitrogens with two attached hydrogens (primary N) is 1. The monoisotopic (exact) mass is 366 g/mol. The molecule has 4 rings (SSSR count). The molecule has 1 amide bonds. The van der Waals surface area contributed by atoms with Gasteiger partial charge in [0.15, 0.2) is 0 Å². The molecule has 0 spiro atoms. The zero-order valence-electron chi connectivity index (χ0n) is 15.5. The second-order valence-corrected chi connectivity index (χ2v) is 7.51. The van der Waals surface area contributed by atoms with Gasteiger partial charge in [0.05, 0.1) is 12.2 Å². The van der Waals surface area contributed by atoms with E-state index in [4.69, 9.17) is 5.73 Å². The van der Waals surface area contributed by atoms with E-state index in [2.05, 4.69) is 14.9 Å². The molecular weight excluding hydrogens is 343 g/mol. The fourth-order valence-electron chi connectivity index (χ4n) is 3.86. The lowest BCUT2D eigenvalue weighted by molar-refractivity contribution is -0.124. The van der Waals surface area contributed by atoms with E-state index in [1.54, 1.807) is 6.07 Å². The SMILES string of the molecule is CC(C)C(=O)NC1Cc2c(n(Cc3cccc(F)n3)c3ccc(N)cc23)C1. The maximum atomic E-state index is 13.5. The number of hydrogen-bond donors (Lipinski definition) is 2. The molecule has 0 bridgehead atoms. The van der Waals surface area contributed by atoms with E-state index in [9.17, 15) is 9.18 Å². The number of anilines is 1. The number of nitrogens with one attached hydrogen (secondary N) is 1. The van der Waals surface area contributed by atoms with Gasteiger partial charge in [0.2, 0.25) is 11.9 Å². The summed E-state index contributed by atoms with van der Waals surface area (Å²) in [5, 5.41) is 4.23. The van der Waals surface area contributed by atoms with E-state index in [1.807, 2.05) is 38.1 Å². The fraction of sp³-hybridized carbons (Fsp3) is 0.333. The Kier molecular flexibility index (Phi) is 4.34. The second kappa shape index (κ2) is 6.68. The van der Waals surface area contributed by atoms with Gasteiger partial charge in [-0.2, -0.15) is 4.39 Å². The van der Waals surface area contributed by atoms with E-state index in [0.717, 1.165) is 29.4 Å². The Morgan fingerprint density at radius 1 is 1.33 bits per heavy atom. The van der Waals surface area contributed by atoms with Gasteiger partial charge in [0.25, 0.3) is 0 Å². The summed E-state index contributed by atoms with van der Waals surface area (Å²) < 4.78 is 15.7. The molecule has 0 radical (unpaired) electrons. The van der Waals surface area contributed by atoms with Gasteiger partial charge >= 0.3 is 0 Å². The van der Waals surface area contributed by atoms with Crippen molar-refractivity contribution in [1.29, 1.82) is 0 Å². The molecule has 1 unspecified atom stereocenters. The zero-order valence-corrected chi connectivity index (χ0v) is 15.5. The van der Waals surface area contributed by atoms with Gasteiger partial charge in [-0.3, -0.25) is 4.79 Å². The lowest BCUT2D eigenvalue weighted by Crippen LogP contribution is -2.38. The van der Waals surface area contributed by atoms with E-state index < -0.39 is 5.95 Å². The first-order chi connectivity index (χ1) is 12.9. The highest BCUT2D eigenvalue weighted by molar-refractivity contribution is 5.89. The third-order valence-corrected chi connectivity index (χ3v) is 5.16. The van der Waals surface area contributed by atoms with Crippen LogP contribution in [-0.4, -0.2) is 21.5 Å². The van der Waals surface area contributed by atoms with Crippen LogP contribution in [0.1, 0.15) is 30.8 Å². The Morgan fingerprint density at radius 2 is 2.15 bits per heavy atom. The molecule has 2 heterocycles. The van der Waals surface area contributed by atoms with Crippen LogP contribution >= 0.6 is 0 Å². The highest BCUT2D eigenvalue weighted by Gasteiger charge is 2.30. The average Bonchev–Trinajstić information content (AvgIpc) is 3.13. The molecule has 2 aromatic heterocycles. The van der Waals surface area contributed by atoms with Crippen LogP contribution in [0.5, 0.6) is 0 Å². The largest absolute Gasteiger partial charge is 0.399 e. The van der Waals surface area contributed by atoms with Gasteiger partial charge in [0.1, 0.15) is 0 Å². The summed E-state index contributed by atoms with van der Waals surface area (Å²) in [6.07, 6.45) is 1.52. The number of amides is 1. The van der Waals surface area contributed by atoms with Crippen molar-refractivity contribution in [3.8, 4) is 0 Å². The topological polar surface area (TPSA) is 72.9 Å². The predicted molar refractivity (Wildman–Crippen MR) is 104 cm³/mol. The van der Waals surface area contributed by atoms with Crippen LogP contribution in [0.4, 0.5) is 10.1 Å². The number of aromatic nitrogens is 2. The van der Waals surface area contributed by atoms with Crippen LogP contribution in [0.3, 0.4) is 0 Å². The maximum absolute atomic E-state index is 13.5. The van der Waals surface area contributed by atoms with Crippen molar-refractivity contribution >= 4 is 22.5 Å². The lowest BCUT2D eigenvalue weighted by atomic mass is 10.1. The van der Waals surface area contributed by atoms with Crippen LogP contribution in [0, 0.1) is 11.9 Å². The Balaban J connectivity index is 1.73. The molecule has 0 saturated carbocycles. The number of halogens is 1. The highest BCUT2D eigenvalue weighted by atomic mass is 19.1. The van der Waals surface area contributed by atoms with Crippen molar-refractivity contribution in [1.82, 2.24) is 14.9 Å². The number of rotatable bonds is 4. The van der Waals surface area contributed by atoms with E-state index in [0.29, 0.717) is 17.9 Å². The van der Waals surface area contributed by atoms with E-state index in [1.165, 1.54) is 11.6 Å². The van der Waals surface area contributed by atoms with Crippen molar-refractivity contribution in [3.63, 3.8) is 0 Å². The molecule has 5 nitrogen and oxygen atoms in total. The lowest BCUT2D eigenvalue weighted by Gasteiger charge is -2.16. The molecule has 3 N–H and O–H groups in total. The summed E-state index contributed by atoms with van der Waals surface area (Å²) in [5.41, 5.74) is 10.8. The molecule has 0 aliphatic heterocycles.